The Morgan fingerprint density at radius 2 is 1.56 bits per heavy atom. The second kappa shape index (κ2) is 10.5. The minimum absolute atomic E-state index is 0.0256. The van der Waals surface area contributed by atoms with Crippen LogP contribution in [0.15, 0.2) is 0 Å². The van der Waals surface area contributed by atoms with Gasteiger partial charge in [0.1, 0.15) is 0 Å². The molecule has 0 spiro atoms. The minimum atomic E-state index is -2.21. The third-order valence-corrected chi connectivity index (χ3v) is 3.51. The summed E-state index contributed by atoms with van der Waals surface area (Å²) in [5.74, 6) is 0.468. The summed E-state index contributed by atoms with van der Waals surface area (Å²) in [6, 6.07) is 0. The molecule has 2 atom stereocenters. The van der Waals surface area contributed by atoms with Crippen molar-refractivity contribution in [2.24, 2.45) is 5.92 Å². The van der Waals surface area contributed by atoms with Crippen molar-refractivity contribution < 1.29 is 14.3 Å². The quantitative estimate of drug-likeness (QED) is 0.576. The molecule has 0 aliphatic carbocycles. The summed E-state index contributed by atoms with van der Waals surface area (Å²) in [5, 5.41) is 0. The van der Waals surface area contributed by atoms with Crippen molar-refractivity contribution in [3.8, 4) is 0 Å². The van der Waals surface area contributed by atoms with E-state index in [9.17, 15) is 0 Å². The zero-order chi connectivity index (χ0) is 12.4. The Morgan fingerprint density at radius 3 is 2.00 bits per heavy atom. The first-order valence-corrected chi connectivity index (χ1v) is 7.66. The predicted molar refractivity (Wildman–Crippen MR) is 69.1 cm³/mol. The Labute approximate surface area is 101 Å². The molecule has 16 heavy (non-hydrogen) atoms. The van der Waals surface area contributed by atoms with Gasteiger partial charge < -0.3 is 14.3 Å². The fraction of sp³-hybridized carbons (Fsp3) is 1.00. The van der Waals surface area contributed by atoms with Crippen LogP contribution in [-0.4, -0.2) is 15.9 Å². The number of hydrogen-bond acceptors (Lipinski definition) is 3. The van der Waals surface area contributed by atoms with Crippen LogP contribution in [0.4, 0.5) is 0 Å². The predicted octanol–water partition coefficient (Wildman–Crippen LogP) is 3.99. The first kappa shape index (κ1) is 16.3. The van der Waals surface area contributed by atoms with Gasteiger partial charge in [-0.25, -0.2) is 0 Å². The van der Waals surface area contributed by atoms with Gasteiger partial charge >= 0.3 is 8.60 Å². The van der Waals surface area contributed by atoms with E-state index in [-0.39, 0.29) is 6.10 Å². The minimum Gasteiger partial charge on any atom is -0.328 e. The molecule has 0 aliphatic rings. The van der Waals surface area contributed by atoms with Crippen LogP contribution < -0.4 is 0 Å². The van der Waals surface area contributed by atoms with Crippen LogP contribution >= 0.6 is 8.60 Å². The van der Waals surface area contributed by atoms with Crippen LogP contribution in [-0.2, 0) is 4.52 Å². The van der Waals surface area contributed by atoms with Gasteiger partial charge in [-0.3, -0.25) is 0 Å². The molecule has 0 aromatic rings. The van der Waals surface area contributed by atoms with E-state index in [1.807, 2.05) is 0 Å². The zero-order valence-electron chi connectivity index (χ0n) is 10.9. The highest BCUT2D eigenvalue weighted by atomic mass is 31.2. The van der Waals surface area contributed by atoms with Gasteiger partial charge in [-0.2, -0.15) is 0 Å². The normalized spacial score (nSPS) is 15.4. The van der Waals surface area contributed by atoms with Crippen molar-refractivity contribution >= 4 is 8.60 Å². The number of unbranched alkanes of at least 4 members (excludes halogenated alkanes) is 2. The van der Waals surface area contributed by atoms with Crippen LogP contribution in [0.3, 0.4) is 0 Å². The highest BCUT2D eigenvalue weighted by Crippen LogP contribution is 2.34. The van der Waals surface area contributed by atoms with Crippen molar-refractivity contribution in [3.63, 3.8) is 0 Å². The molecule has 0 fully saturated rings. The lowest BCUT2D eigenvalue weighted by atomic mass is 9.90. The lowest BCUT2D eigenvalue weighted by Crippen LogP contribution is -2.22. The third kappa shape index (κ3) is 7.56. The lowest BCUT2D eigenvalue weighted by molar-refractivity contribution is 0.0956. The fourth-order valence-electron chi connectivity index (χ4n) is 2.02. The molecular formula is C12H27O3P. The Hall–Kier alpha value is 0.310. The second-order valence-corrected chi connectivity index (χ2v) is 5.07. The summed E-state index contributed by atoms with van der Waals surface area (Å²) in [6.07, 6.45) is 7.75. The SMILES string of the molecule is CCCCC(CC)C(CCCC)OP(O)O. The highest BCUT2D eigenvalue weighted by molar-refractivity contribution is 7.39. The molecule has 0 heterocycles. The maximum absolute atomic E-state index is 8.99. The van der Waals surface area contributed by atoms with Crippen LogP contribution in [0, 0.1) is 5.92 Å². The molecule has 0 saturated carbocycles. The van der Waals surface area contributed by atoms with E-state index in [1.54, 1.807) is 0 Å². The van der Waals surface area contributed by atoms with Crippen molar-refractivity contribution in [2.45, 2.75) is 71.8 Å². The molecule has 0 aromatic heterocycles. The summed E-state index contributed by atoms with van der Waals surface area (Å²) in [5.41, 5.74) is 0. The molecule has 0 aromatic carbocycles. The van der Waals surface area contributed by atoms with Crippen LogP contribution in [0.25, 0.3) is 0 Å². The van der Waals surface area contributed by atoms with E-state index >= 15 is 0 Å². The fourth-order valence-corrected chi connectivity index (χ4v) is 2.54. The average molecular weight is 250 g/mol. The van der Waals surface area contributed by atoms with Crippen LogP contribution in [0.2, 0.25) is 0 Å². The molecule has 2 N–H and O–H groups in total. The lowest BCUT2D eigenvalue weighted by Gasteiger charge is -2.26. The van der Waals surface area contributed by atoms with Crippen molar-refractivity contribution in [3.05, 3.63) is 0 Å². The molecule has 3 nitrogen and oxygen atoms in total. The Kier molecular flexibility index (Phi) is 10.7. The zero-order valence-corrected chi connectivity index (χ0v) is 11.7. The third-order valence-electron chi connectivity index (χ3n) is 3.05. The van der Waals surface area contributed by atoms with E-state index in [0.29, 0.717) is 5.92 Å². The molecule has 0 aliphatic heterocycles. The molecule has 2 unspecified atom stereocenters. The summed E-state index contributed by atoms with van der Waals surface area (Å²) in [4.78, 5) is 18.0. The van der Waals surface area contributed by atoms with Crippen molar-refractivity contribution in [1.29, 1.82) is 0 Å². The smallest absolute Gasteiger partial charge is 0.327 e. The summed E-state index contributed by atoms with van der Waals surface area (Å²) >= 11 is 0. The first-order chi connectivity index (χ1) is 7.65. The van der Waals surface area contributed by atoms with Crippen molar-refractivity contribution in [2.75, 3.05) is 0 Å². The summed E-state index contributed by atoms with van der Waals surface area (Å²) in [7, 11) is -2.21. The summed E-state index contributed by atoms with van der Waals surface area (Å²) in [6.45, 7) is 6.48. The molecule has 0 saturated heterocycles. The molecule has 0 radical (unpaired) electrons. The van der Waals surface area contributed by atoms with E-state index in [0.717, 1.165) is 32.1 Å². The molecular weight excluding hydrogens is 223 g/mol. The molecule has 4 heteroatoms. The molecule has 98 valence electrons. The number of hydrogen-bond donors (Lipinski definition) is 2. The van der Waals surface area contributed by atoms with E-state index < -0.39 is 8.60 Å². The Morgan fingerprint density at radius 1 is 1.00 bits per heavy atom. The van der Waals surface area contributed by atoms with Gasteiger partial charge in [0.2, 0.25) is 0 Å². The maximum atomic E-state index is 8.99. The largest absolute Gasteiger partial charge is 0.328 e. The number of rotatable bonds is 10. The standard InChI is InChI=1S/C12H27O3P/c1-4-7-9-11(6-3)12(10-8-5-2)15-16(13)14/h11-14H,4-10H2,1-3H3. The Bertz CT molecular complexity index is 153. The summed E-state index contributed by atoms with van der Waals surface area (Å²) < 4.78 is 5.28. The average Bonchev–Trinajstić information content (AvgIpc) is 2.25. The van der Waals surface area contributed by atoms with Crippen molar-refractivity contribution in [1.82, 2.24) is 0 Å². The molecule has 0 rings (SSSR count). The Balaban J connectivity index is 4.18. The monoisotopic (exact) mass is 250 g/mol. The van der Waals surface area contributed by atoms with Gasteiger partial charge in [-0.15, -0.1) is 0 Å². The molecule has 0 amide bonds. The maximum Gasteiger partial charge on any atom is 0.327 e. The van der Waals surface area contributed by atoms with Gasteiger partial charge in [-0.1, -0.05) is 52.9 Å². The first-order valence-electron chi connectivity index (χ1n) is 6.50. The van der Waals surface area contributed by atoms with Gasteiger partial charge in [0, 0.05) is 0 Å². The van der Waals surface area contributed by atoms with Crippen LogP contribution in [0.1, 0.15) is 65.7 Å². The van der Waals surface area contributed by atoms with Gasteiger partial charge in [0.25, 0.3) is 0 Å². The van der Waals surface area contributed by atoms with E-state index in [2.05, 4.69) is 20.8 Å². The van der Waals surface area contributed by atoms with Gasteiger partial charge in [-0.05, 0) is 18.8 Å². The van der Waals surface area contributed by atoms with Gasteiger partial charge in [0.05, 0.1) is 6.10 Å². The molecule has 0 bridgehead atoms. The van der Waals surface area contributed by atoms with E-state index in [4.69, 9.17) is 14.3 Å². The topological polar surface area (TPSA) is 49.7 Å². The van der Waals surface area contributed by atoms with Gasteiger partial charge in [0.15, 0.2) is 0 Å². The second-order valence-electron chi connectivity index (χ2n) is 4.35. The highest BCUT2D eigenvalue weighted by Gasteiger charge is 2.22. The van der Waals surface area contributed by atoms with Crippen LogP contribution in [0.5, 0.6) is 0 Å². The van der Waals surface area contributed by atoms with E-state index in [1.165, 1.54) is 12.8 Å².